The van der Waals surface area contributed by atoms with Gasteiger partial charge in [0.05, 0.1) is 29.8 Å². The molecule has 0 saturated heterocycles. The number of hydrogen-bond donors (Lipinski definition) is 1. The van der Waals surface area contributed by atoms with Crippen molar-refractivity contribution < 1.29 is 15.0 Å². The summed E-state index contributed by atoms with van der Waals surface area (Å²) in [6, 6.07) is 13.2. The number of hydrogen-bond acceptors (Lipinski definition) is 5. The molecule has 0 aliphatic carbocycles. The molecular weight excluding hydrogens is 473 g/mol. The lowest BCUT2D eigenvalue weighted by Gasteiger charge is -2.18. The van der Waals surface area contributed by atoms with Crippen molar-refractivity contribution in [2.45, 2.75) is 23.3 Å². The fourth-order valence-electron chi connectivity index (χ4n) is 2.39. The first kappa shape index (κ1) is 24.3. The largest absolute Gasteiger partial charge is 0.376 e. The van der Waals surface area contributed by atoms with E-state index in [0.29, 0.717) is 23.3 Å². The molecule has 1 atom stereocenters. The van der Waals surface area contributed by atoms with Crippen molar-refractivity contribution in [2.75, 3.05) is 6.61 Å². The van der Waals surface area contributed by atoms with Crippen molar-refractivity contribution in [3.63, 3.8) is 0 Å². The molecule has 0 aliphatic rings. The van der Waals surface area contributed by atoms with Gasteiger partial charge in [-0.2, -0.15) is 0 Å². The predicted octanol–water partition coefficient (Wildman–Crippen LogP) is 5.87. The van der Waals surface area contributed by atoms with E-state index in [-0.39, 0.29) is 5.25 Å². The SMILES string of the molecule is Clc1ccc(COCC(Cn2ccnc2)Sc2ccc(Cl)cc2Cl)cc1.O=[N+]([O-])O. The van der Waals surface area contributed by atoms with Crippen LogP contribution in [0.15, 0.2) is 66.1 Å². The first-order valence-corrected chi connectivity index (χ1v) is 10.6. The Labute approximate surface area is 192 Å². The summed E-state index contributed by atoms with van der Waals surface area (Å²) >= 11 is 19.9. The van der Waals surface area contributed by atoms with Crippen molar-refractivity contribution in [2.24, 2.45) is 0 Å². The molecule has 0 saturated carbocycles. The Hall–Kier alpha value is -1.97. The van der Waals surface area contributed by atoms with Crippen molar-refractivity contribution in [1.29, 1.82) is 0 Å². The van der Waals surface area contributed by atoms with Gasteiger partial charge in [0, 0.05) is 33.9 Å². The molecule has 160 valence electrons. The molecule has 1 aromatic heterocycles. The number of halogens is 3. The van der Waals surface area contributed by atoms with Crippen LogP contribution >= 0.6 is 46.6 Å². The van der Waals surface area contributed by atoms with Gasteiger partial charge in [0.1, 0.15) is 0 Å². The average Bonchev–Trinajstić information content (AvgIpc) is 3.18. The number of aromatic nitrogens is 2. The molecule has 11 heteroatoms. The third-order valence-electron chi connectivity index (χ3n) is 3.65. The van der Waals surface area contributed by atoms with Crippen molar-refractivity contribution in [3.8, 4) is 0 Å². The Morgan fingerprint density at radius 3 is 2.43 bits per heavy atom. The van der Waals surface area contributed by atoms with Crippen LogP contribution in [0.25, 0.3) is 0 Å². The van der Waals surface area contributed by atoms with E-state index < -0.39 is 5.09 Å². The van der Waals surface area contributed by atoms with Crippen molar-refractivity contribution in [1.82, 2.24) is 9.55 Å². The zero-order chi connectivity index (χ0) is 21.9. The Morgan fingerprint density at radius 2 is 1.83 bits per heavy atom. The Kier molecular flexibility index (Phi) is 10.3. The van der Waals surface area contributed by atoms with Gasteiger partial charge >= 0.3 is 0 Å². The molecule has 1 heterocycles. The maximum atomic E-state index is 8.36. The van der Waals surface area contributed by atoms with E-state index in [1.54, 1.807) is 30.4 Å². The highest BCUT2D eigenvalue weighted by molar-refractivity contribution is 8.00. The smallest absolute Gasteiger partial charge is 0.291 e. The third-order valence-corrected chi connectivity index (χ3v) is 5.79. The van der Waals surface area contributed by atoms with Gasteiger partial charge in [-0.05, 0) is 35.9 Å². The van der Waals surface area contributed by atoms with Gasteiger partial charge in [-0.3, -0.25) is 0 Å². The van der Waals surface area contributed by atoms with Gasteiger partial charge in [0.2, 0.25) is 0 Å². The van der Waals surface area contributed by atoms with Crippen molar-refractivity contribution >= 4 is 46.6 Å². The summed E-state index contributed by atoms with van der Waals surface area (Å²) < 4.78 is 7.97. The minimum absolute atomic E-state index is 0.176. The fourth-order valence-corrected chi connectivity index (χ4v) is 4.15. The molecule has 0 fully saturated rings. The molecule has 1 N–H and O–H groups in total. The summed E-state index contributed by atoms with van der Waals surface area (Å²) in [5, 5.41) is 15.8. The summed E-state index contributed by atoms with van der Waals surface area (Å²) in [5.41, 5.74) is 1.09. The van der Waals surface area contributed by atoms with E-state index in [0.717, 1.165) is 22.0 Å². The molecule has 30 heavy (non-hydrogen) atoms. The number of benzene rings is 2. The van der Waals surface area contributed by atoms with Gasteiger partial charge in [0.15, 0.2) is 0 Å². The molecule has 3 rings (SSSR count). The number of rotatable bonds is 8. The molecule has 7 nitrogen and oxygen atoms in total. The van der Waals surface area contributed by atoms with Crippen LogP contribution in [0, 0.1) is 10.1 Å². The van der Waals surface area contributed by atoms with Crippen LogP contribution in [-0.2, 0) is 17.9 Å². The predicted molar refractivity (Wildman–Crippen MR) is 118 cm³/mol. The molecule has 0 bridgehead atoms. The minimum atomic E-state index is -1.50. The maximum absolute atomic E-state index is 8.36. The number of nitrogens with zero attached hydrogens (tertiary/aromatic N) is 3. The van der Waals surface area contributed by atoms with Crippen LogP contribution < -0.4 is 0 Å². The van der Waals surface area contributed by atoms with E-state index in [9.17, 15) is 0 Å². The Bertz CT molecular complexity index is 923. The van der Waals surface area contributed by atoms with Gasteiger partial charge in [-0.1, -0.05) is 46.9 Å². The van der Waals surface area contributed by atoms with E-state index in [2.05, 4.69) is 4.98 Å². The van der Waals surface area contributed by atoms with Gasteiger partial charge in [-0.25, -0.2) is 4.98 Å². The summed E-state index contributed by atoms with van der Waals surface area (Å²) in [7, 11) is 0. The minimum Gasteiger partial charge on any atom is -0.376 e. The number of thioether (sulfide) groups is 1. The molecule has 1 unspecified atom stereocenters. The summed E-state index contributed by atoms with van der Waals surface area (Å²) in [6.07, 6.45) is 5.51. The van der Waals surface area contributed by atoms with Crippen LogP contribution in [0.4, 0.5) is 0 Å². The third kappa shape index (κ3) is 9.23. The summed E-state index contributed by atoms with van der Waals surface area (Å²) in [4.78, 5) is 13.4. The van der Waals surface area contributed by atoms with Crippen LogP contribution in [-0.4, -0.2) is 31.7 Å². The molecular formula is C19H18Cl3N3O4S. The Morgan fingerprint density at radius 1 is 1.17 bits per heavy atom. The highest BCUT2D eigenvalue weighted by Gasteiger charge is 2.14. The number of imidazole rings is 1. The molecule has 3 aromatic rings. The van der Waals surface area contributed by atoms with Crippen LogP contribution in [0.3, 0.4) is 0 Å². The first-order valence-electron chi connectivity index (χ1n) is 8.56. The quantitative estimate of drug-likeness (QED) is 0.241. The van der Waals surface area contributed by atoms with Crippen molar-refractivity contribution in [3.05, 3.63) is 91.9 Å². The van der Waals surface area contributed by atoms with E-state index in [1.807, 2.05) is 47.2 Å². The first-order chi connectivity index (χ1) is 14.3. The van der Waals surface area contributed by atoms with Gasteiger partial charge in [-0.15, -0.1) is 21.9 Å². The normalized spacial score (nSPS) is 11.4. The Balaban J connectivity index is 0.000000735. The molecule has 0 aliphatic heterocycles. The van der Waals surface area contributed by atoms with Gasteiger partial charge in [0.25, 0.3) is 5.09 Å². The molecule has 0 spiro atoms. The second-order valence-electron chi connectivity index (χ2n) is 5.95. The van der Waals surface area contributed by atoms with Crippen LogP contribution in [0.1, 0.15) is 5.56 Å². The second-order valence-corrected chi connectivity index (χ2v) is 8.58. The average molecular weight is 491 g/mol. The zero-order valence-corrected chi connectivity index (χ0v) is 18.6. The highest BCUT2D eigenvalue weighted by Crippen LogP contribution is 2.33. The zero-order valence-electron chi connectivity index (χ0n) is 15.5. The van der Waals surface area contributed by atoms with Gasteiger partial charge < -0.3 is 14.5 Å². The monoisotopic (exact) mass is 489 g/mol. The van der Waals surface area contributed by atoms with E-state index >= 15 is 0 Å². The molecule has 0 amide bonds. The summed E-state index contributed by atoms with van der Waals surface area (Å²) in [6.45, 7) is 1.88. The standard InChI is InChI=1S/C19H17Cl3N2OS.HNO3/c20-15-3-1-14(2-4-15)11-25-12-17(10-24-8-7-23-13-24)26-19-6-5-16(21)9-18(19)22;2-1(3)4/h1-9,13,17H,10-12H2;(H,2,3,4). The van der Waals surface area contributed by atoms with E-state index in [1.165, 1.54) is 0 Å². The lowest BCUT2D eigenvalue weighted by atomic mass is 10.2. The summed E-state index contributed by atoms with van der Waals surface area (Å²) in [5.74, 6) is 0. The van der Waals surface area contributed by atoms with Crippen LogP contribution in [0.2, 0.25) is 15.1 Å². The fraction of sp³-hybridized carbons (Fsp3) is 0.211. The maximum Gasteiger partial charge on any atom is 0.291 e. The molecule has 2 aromatic carbocycles. The molecule has 0 radical (unpaired) electrons. The highest BCUT2D eigenvalue weighted by atomic mass is 35.5. The lowest BCUT2D eigenvalue weighted by Crippen LogP contribution is -2.18. The second kappa shape index (κ2) is 12.7. The lowest BCUT2D eigenvalue weighted by molar-refractivity contribution is -0.742. The number of ether oxygens (including phenoxy) is 1. The topological polar surface area (TPSA) is 90.4 Å². The van der Waals surface area contributed by atoms with Crippen LogP contribution in [0.5, 0.6) is 0 Å². The van der Waals surface area contributed by atoms with E-state index in [4.69, 9.17) is 54.9 Å².